The molecule has 138 heavy (non-hydrogen) atoms. The summed E-state index contributed by atoms with van der Waals surface area (Å²) in [5, 5.41) is 176. The fourth-order valence-electron chi connectivity index (χ4n) is 11.9. The summed E-state index contributed by atoms with van der Waals surface area (Å²) in [6.07, 6.45) is -45.5. The zero-order valence-corrected chi connectivity index (χ0v) is 94.0. The third-order valence-electron chi connectivity index (χ3n) is 18.3. The Morgan fingerprint density at radius 1 is 0.442 bits per heavy atom. The molecular formula is C59H74IN9Na6O53P6S4. The SMILES string of the molecule is O=C(CI)NCC1OC(OP(=O)([O-])OP(=O)([O-])OCC2OC(n3ccc(=O)[nH]c3=O)C(O)C2O)C(O)C(O)C1O.O=C(O)c1cc(SSCC2OC(OP(=O)([O-])OP(=O)([O-])OCC3OC(n4ccc(=O)[nH]c4=O)C(O)C3O)C(O)C(O)C2O)ccc1[N+](=O)[O-].O=c1ccn(C2OC(COP(=O)([O-])OP(=O)([O-])OC3OC(CSSc4ccccn4)C(O)C(O)C3O)C(O)C2O)c(=O)[nH]1.[Na+].[Na+].[Na+].[Na+].[Na+].[Na+]. The molecular weight excluding hydrogens is 2260 g/mol. The number of pyridine rings is 1. The summed E-state index contributed by atoms with van der Waals surface area (Å²) in [6.45, 7) is -3.84. The van der Waals surface area contributed by atoms with Gasteiger partial charge in [0.05, 0.1) is 41.4 Å². The minimum Gasteiger partial charge on any atom is -0.756 e. The number of carbonyl (C=O) groups excluding carboxylic acids is 1. The number of nitro benzene ring substituents is 1. The number of carboxylic acids is 1. The van der Waals surface area contributed by atoms with E-state index in [1.165, 1.54) is 16.9 Å². The quantitative estimate of drug-likeness (QED) is 0.00334. The summed E-state index contributed by atoms with van der Waals surface area (Å²) in [6, 6.07) is 11.0. The first kappa shape index (κ1) is 133. The van der Waals surface area contributed by atoms with Crippen LogP contribution < -0.4 is 246 Å². The van der Waals surface area contributed by atoms with Crippen molar-refractivity contribution in [2.45, 2.75) is 176 Å². The Bertz CT molecular complexity index is 5550. The number of aromatic nitrogens is 7. The number of phosphoric acid groups is 6. The fraction of sp³-hybridized carbons (Fsp3) is 0.576. The van der Waals surface area contributed by atoms with Gasteiger partial charge in [0.15, 0.2) is 37.6 Å². The summed E-state index contributed by atoms with van der Waals surface area (Å²) in [7, 11) is -31.4. The van der Waals surface area contributed by atoms with Gasteiger partial charge in [-0.15, -0.1) is 0 Å². The van der Waals surface area contributed by atoms with Gasteiger partial charge in [-0.3, -0.25) is 98.9 Å². The molecule has 33 unspecified atom stereocenters. The number of rotatable bonds is 37. The van der Waals surface area contributed by atoms with E-state index < -0.39 is 301 Å². The molecule has 33 atom stereocenters. The third kappa shape index (κ3) is 37.7. The van der Waals surface area contributed by atoms with Crippen LogP contribution >= 0.6 is 113 Å². The van der Waals surface area contributed by atoms with Gasteiger partial charge in [-0.05, 0) is 35.1 Å². The molecule has 740 valence electrons. The number of carbonyl (C=O) groups is 2. The number of hydrogen-bond donors (Lipinski definition) is 20. The topological polar surface area (TPSA) is 970 Å². The normalized spacial score (nSPS) is 31.9. The molecule has 6 fully saturated rings. The van der Waals surface area contributed by atoms with E-state index in [-0.39, 0.29) is 198 Å². The Labute approximate surface area is 932 Å². The van der Waals surface area contributed by atoms with E-state index in [1.807, 2.05) is 15.0 Å². The van der Waals surface area contributed by atoms with Gasteiger partial charge in [0.2, 0.25) is 5.91 Å². The Morgan fingerprint density at radius 3 is 1.08 bits per heavy atom. The van der Waals surface area contributed by atoms with Crippen LogP contribution in [0, 0.1) is 10.1 Å². The molecule has 11 rings (SSSR count). The predicted octanol–water partition coefficient (Wildman–Crippen LogP) is -29.7. The first-order valence-electron chi connectivity index (χ1n) is 36.4. The molecule has 4 aromatic heterocycles. The molecule has 0 radical (unpaired) electrons. The number of nitro groups is 1. The average Bonchev–Trinajstić information content (AvgIpc) is 1.18. The molecule has 0 aliphatic carbocycles. The van der Waals surface area contributed by atoms with Crippen LogP contribution in [0.25, 0.3) is 0 Å². The van der Waals surface area contributed by atoms with E-state index in [9.17, 15) is 187 Å². The summed E-state index contributed by atoms with van der Waals surface area (Å²) >= 11 is 1.73. The van der Waals surface area contributed by atoms with Crippen molar-refractivity contribution in [3.63, 3.8) is 0 Å². The smallest absolute Gasteiger partial charge is 0.756 e. The maximum Gasteiger partial charge on any atom is 1.00 e. The molecule has 0 spiro atoms. The molecule has 62 nitrogen and oxygen atoms in total. The number of hydrogen-bond acceptors (Lipinski definition) is 57. The minimum atomic E-state index is -6.04. The van der Waals surface area contributed by atoms with E-state index in [1.54, 1.807) is 47.0 Å². The van der Waals surface area contributed by atoms with Crippen LogP contribution in [0.4, 0.5) is 5.69 Å². The number of aliphatic hydroxyl groups excluding tert-OH is 15. The maximum absolute atomic E-state index is 12.4. The second-order valence-corrected chi connectivity index (χ2v) is 41.7. The van der Waals surface area contributed by atoms with Crippen molar-refractivity contribution >= 4 is 130 Å². The molecule has 0 bridgehead atoms. The number of benzene rings is 1. The van der Waals surface area contributed by atoms with Crippen molar-refractivity contribution in [3.8, 4) is 0 Å². The van der Waals surface area contributed by atoms with Crippen molar-refractivity contribution < 1.29 is 399 Å². The Hall–Kier alpha value is 0.820. The third-order valence-corrected chi connectivity index (χ3v) is 31.2. The van der Waals surface area contributed by atoms with E-state index in [0.29, 0.717) is 18.7 Å². The maximum atomic E-state index is 12.4. The Morgan fingerprint density at radius 2 is 0.768 bits per heavy atom. The number of ether oxygens (including phenoxy) is 6. The van der Waals surface area contributed by atoms with Crippen LogP contribution in [0.1, 0.15) is 29.0 Å². The molecule has 1 aromatic carbocycles. The fourth-order valence-corrected chi connectivity index (χ4v) is 22.7. The van der Waals surface area contributed by atoms with Gasteiger partial charge in [-0.1, -0.05) is 61.0 Å². The Balaban J connectivity index is 0.000000524. The number of aromatic amines is 3. The number of carboxylic acid groups (broad SMARTS) is 1. The van der Waals surface area contributed by atoms with Crippen molar-refractivity contribution in [2.24, 2.45) is 0 Å². The molecule has 6 aliphatic rings. The predicted molar refractivity (Wildman–Crippen MR) is 425 cm³/mol. The van der Waals surface area contributed by atoms with Gasteiger partial charge in [0.25, 0.3) is 69.3 Å². The number of aromatic carboxylic acids is 1. The van der Waals surface area contributed by atoms with Gasteiger partial charge in [0.1, 0.15) is 127 Å². The second-order valence-electron chi connectivity index (χ2n) is 27.4. The first-order valence-corrected chi connectivity index (χ1v) is 51.4. The van der Waals surface area contributed by atoms with Crippen LogP contribution in [0.5, 0.6) is 0 Å². The molecule has 6 aliphatic heterocycles. The van der Waals surface area contributed by atoms with Gasteiger partial charge in [0, 0.05) is 72.0 Å². The number of phosphoric ester groups is 6. The van der Waals surface area contributed by atoms with Gasteiger partial charge in [-0.25, -0.2) is 37.1 Å². The number of nitrogens with zero attached hydrogens (tertiary/aromatic N) is 5. The van der Waals surface area contributed by atoms with Crippen LogP contribution in [-0.4, -0.2) is 321 Å². The summed E-state index contributed by atoms with van der Waals surface area (Å²) in [5.74, 6) is -2.43. The molecule has 5 aromatic rings. The zero-order chi connectivity index (χ0) is 97.9. The number of aliphatic hydroxyl groups is 15. The molecule has 20 N–H and O–H groups in total. The Kier molecular flexibility index (Phi) is 56.5. The van der Waals surface area contributed by atoms with Crippen molar-refractivity contribution in [1.29, 1.82) is 0 Å². The average molecular weight is 2340 g/mol. The summed E-state index contributed by atoms with van der Waals surface area (Å²) < 4.78 is 146. The van der Waals surface area contributed by atoms with Crippen LogP contribution in [0.3, 0.4) is 0 Å². The number of alkyl halides is 1. The summed E-state index contributed by atoms with van der Waals surface area (Å²) in [4.78, 5) is 186. The van der Waals surface area contributed by atoms with E-state index in [4.69, 9.17) is 28.4 Å². The standard InChI is InChI=1S/C22H27N3O20P2S2.C20H27N3O16P2S2.C17H26IN3O17P2.6Na/c26-13-3-4-24(22(34)23-13)19-17(30)14(27)11(42-19)6-41-46(37,38)45-47(39,40)44-21-18(31)16(29)15(28)12(43-21)7-48-49-8-1-2-10(25(35)36)9(5-8)20(32)33;24-11-4-6-23(20(30)22-11)18-16(28)13(25)9(36-18)7-35-40(31,32)39-41(33,34)38-19-17(29)15(27)14(26)10(37-19)8-42-43-12-3-1-2-5-21-12;18-3-9(23)19-4-6-10(24)12(26)14(28)16(36-6)37-40(32,33)38-39(30,31)34-5-7-11(25)13(27)15(35-7)21-2-1-8(22)20-17(21)29;;;;;;/h1-5,11-12,14-19,21,27-31H,6-7H2,(H,32,33)(H,37,38)(H,39,40)(H,23,26,34);1-6,9-10,13-19,25-29H,7-8H2,(H,31,32)(H,33,34)(H,22,24,30);1-2,6-7,10-16,24-28H,3-5H2,(H,19,23)(H,30,31)(H,32,33)(H,20,22,29);;;;;;/q;;;6*+1/p-6. The molecule has 79 heteroatoms. The van der Waals surface area contributed by atoms with Gasteiger partial charge in [-0.2, -0.15) is 0 Å². The van der Waals surface area contributed by atoms with Crippen molar-refractivity contribution in [1.82, 2.24) is 39.0 Å². The van der Waals surface area contributed by atoms with Crippen LogP contribution in [-0.2, 0) is 101 Å². The minimum absolute atomic E-state index is 0. The van der Waals surface area contributed by atoms with E-state index in [2.05, 4.69) is 50.4 Å². The van der Waals surface area contributed by atoms with Crippen LogP contribution in [0.2, 0.25) is 0 Å². The number of H-pyrrole nitrogens is 3. The van der Waals surface area contributed by atoms with E-state index >= 15 is 0 Å². The largest absolute Gasteiger partial charge is 1.00 e. The zero-order valence-electron chi connectivity index (χ0n) is 71.2. The van der Waals surface area contributed by atoms with Crippen molar-refractivity contribution in [3.05, 3.63) is 158 Å². The number of halogens is 1. The summed E-state index contributed by atoms with van der Waals surface area (Å²) in [5.41, 5.74) is -6.66. The van der Waals surface area contributed by atoms with Gasteiger partial charge >= 0.3 is 200 Å². The first-order chi connectivity index (χ1) is 61.5. The molecule has 6 saturated heterocycles. The van der Waals surface area contributed by atoms with Crippen molar-refractivity contribution in [2.75, 3.05) is 42.3 Å². The van der Waals surface area contributed by atoms with Gasteiger partial charge < -0.3 is 158 Å². The second kappa shape index (κ2) is 58.6. The van der Waals surface area contributed by atoms with Crippen LogP contribution in [0.15, 0.2) is 118 Å². The monoisotopic (exact) mass is 2330 g/mol. The van der Waals surface area contributed by atoms with E-state index in [0.717, 1.165) is 81.3 Å². The molecule has 1 amide bonds. The molecule has 10 heterocycles. The number of amides is 1. The number of nitrogens with one attached hydrogen (secondary N) is 4. The molecule has 0 saturated carbocycles.